The highest BCUT2D eigenvalue weighted by Gasteiger charge is 2.38. The van der Waals surface area contributed by atoms with Crippen molar-refractivity contribution >= 4 is 35.0 Å². The molecular formula is C16H15F3N4O4. The number of halogens is 3. The Bertz CT molecular complexity index is 840. The van der Waals surface area contributed by atoms with Crippen molar-refractivity contribution < 1.29 is 32.7 Å². The van der Waals surface area contributed by atoms with Gasteiger partial charge in [0.1, 0.15) is 5.82 Å². The molecular weight excluding hydrogens is 369 g/mol. The van der Waals surface area contributed by atoms with Crippen LogP contribution in [0.15, 0.2) is 42.6 Å². The molecule has 27 heavy (non-hydrogen) atoms. The summed E-state index contributed by atoms with van der Waals surface area (Å²) in [6.07, 6.45) is -3.53. The number of carboxylic acids is 1. The molecule has 0 atom stereocenters. The van der Waals surface area contributed by atoms with E-state index in [9.17, 15) is 22.8 Å². The van der Waals surface area contributed by atoms with Crippen molar-refractivity contribution in [2.75, 3.05) is 10.6 Å². The molecule has 0 unspecified atom stereocenters. The second-order valence-electron chi connectivity index (χ2n) is 4.95. The van der Waals surface area contributed by atoms with Crippen molar-refractivity contribution in [2.45, 2.75) is 13.1 Å². The van der Waals surface area contributed by atoms with Gasteiger partial charge >= 0.3 is 12.1 Å². The third-order valence-corrected chi connectivity index (χ3v) is 2.78. The maximum absolute atomic E-state index is 11.3. The minimum absolute atomic E-state index is 0.202. The number of para-hydroxylation sites is 1. The van der Waals surface area contributed by atoms with E-state index in [1.54, 1.807) is 42.6 Å². The van der Waals surface area contributed by atoms with Gasteiger partial charge in [0, 0.05) is 24.9 Å². The summed E-state index contributed by atoms with van der Waals surface area (Å²) in [5.41, 5.74) is 7.00. The molecule has 1 aromatic heterocycles. The Morgan fingerprint density at radius 2 is 1.74 bits per heavy atom. The van der Waals surface area contributed by atoms with E-state index in [2.05, 4.69) is 15.6 Å². The Kier molecular flexibility index (Phi) is 7.28. The van der Waals surface area contributed by atoms with E-state index in [0.29, 0.717) is 22.8 Å². The quantitative estimate of drug-likeness (QED) is 0.640. The number of aromatic nitrogens is 1. The molecule has 1 heterocycles. The highest BCUT2D eigenvalue weighted by molar-refractivity contribution is 5.99. The largest absolute Gasteiger partial charge is 0.490 e. The van der Waals surface area contributed by atoms with Gasteiger partial charge in [0.05, 0.1) is 11.3 Å². The van der Waals surface area contributed by atoms with E-state index in [1.807, 2.05) is 0 Å². The number of aliphatic carboxylic acids is 1. The molecule has 144 valence electrons. The van der Waals surface area contributed by atoms with Crippen LogP contribution in [-0.4, -0.2) is 34.1 Å². The highest BCUT2D eigenvalue weighted by Crippen LogP contribution is 2.21. The third-order valence-electron chi connectivity index (χ3n) is 2.78. The lowest BCUT2D eigenvalue weighted by molar-refractivity contribution is -0.192. The van der Waals surface area contributed by atoms with Gasteiger partial charge in [-0.25, -0.2) is 9.78 Å². The average molecular weight is 384 g/mol. The molecule has 0 radical (unpaired) electrons. The number of primary amides is 1. The van der Waals surface area contributed by atoms with E-state index in [-0.39, 0.29) is 5.91 Å². The van der Waals surface area contributed by atoms with Crippen molar-refractivity contribution in [1.82, 2.24) is 4.98 Å². The number of nitrogens with one attached hydrogen (secondary N) is 2. The third kappa shape index (κ3) is 7.42. The van der Waals surface area contributed by atoms with Crippen LogP contribution >= 0.6 is 0 Å². The number of carboxylic acid groups (broad SMARTS) is 1. The van der Waals surface area contributed by atoms with Crippen molar-refractivity contribution in [3.63, 3.8) is 0 Å². The number of nitrogens with two attached hydrogens (primary N) is 1. The number of anilines is 3. The normalized spacial score (nSPS) is 10.2. The van der Waals surface area contributed by atoms with Crippen LogP contribution < -0.4 is 16.4 Å². The summed E-state index contributed by atoms with van der Waals surface area (Å²) in [6, 6.07) is 10.3. The maximum atomic E-state index is 11.3. The van der Waals surface area contributed by atoms with Crippen LogP contribution in [0.5, 0.6) is 0 Å². The van der Waals surface area contributed by atoms with Crippen molar-refractivity contribution in [1.29, 1.82) is 0 Å². The molecule has 0 bridgehead atoms. The van der Waals surface area contributed by atoms with Gasteiger partial charge in [-0.3, -0.25) is 9.59 Å². The molecule has 0 saturated heterocycles. The Hall–Kier alpha value is -3.63. The van der Waals surface area contributed by atoms with Crippen molar-refractivity contribution in [3.05, 3.63) is 48.2 Å². The Morgan fingerprint density at radius 1 is 1.15 bits per heavy atom. The number of hydrogen-bond acceptors (Lipinski definition) is 5. The number of pyridine rings is 1. The molecule has 0 aliphatic rings. The zero-order valence-corrected chi connectivity index (χ0v) is 13.9. The maximum Gasteiger partial charge on any atom is 0.490 e. The summed E-state index contributed by atoms with van der Waals surface area (Å²) in [4.78, 5) is 35.2. The minimum atomic E-state index is -5.08. The fraction of sp³-hybridized carbons (Fsp3) is 0.125. The lowest BCUT2D eigenvalue weighted by Crippen LogP contribution is -2.21. The molecule has 2 rings (SSSR count). The molecule has 2 aromatic rings. The van der Waals surface area contributed by atoms with E-state index < -0.39 is 18.1 Å². The molecule has 0 spiro atoms. The number of benzene rings is 1. The summed E-state index contributed by atoms with van der Waals surface area (Å²) in [7, 11) is 0. The summed E-state index contributed by atoms with van der Waals surface area (Å²) in [5, 5.41) is 12.8. The Balaban J connectivity index is 0.000000445. The van der Waals surface area contributed by atoms with Crippen LogP contribution in [0.25, 0.3) is 0 Å². The first-order valence-electron chi connectivity index (χ1n) is 7.20. The second-order valence-corrected chi connectivity index (χ2v) is 4.95. The van der Waals surface area contributed by atoms with Crippen LogP contribution in [0.3, 0.4) is 0 Å². The molecule has 8 nitrogen and oxygen atoms in total. The van der Waals surface area contributed by atoms with Gasteiger partial charge in [-0.2, -0.15) is 13.2 Å². The van der Waals surface area contributed by atoms with Gasteiger partial charge in [-0.15, -0.1) is 0 Å². The smallest absolute Gasteiger partial charge is 0.475 e. The number of carbonyl (C=O) groups is 3. The van der Waals surface area contributed by atoms with E-state index in [4.69, 9.17) is 15.6 Å². The van der Waals surface area contributed by atoms with Crippen LogP contribution in [0, 0.1) is 0 Å². The molecule has 0 aliphatic heterocycles. The number of amides is 2. The van der Waals surface area contributed by atoms with Gasteiger partial charge in [-0.1, -0.05) is 12.1 Å². The van der Waals surface area contributed by atoms with Crippen LogP contribution in [0.1, 0.15) is 17.3 Å². The number of carbonyl (C=O) groups excluding carboxylic acids is 2. The van der Waals surface area contributed by atoms with Gasteiger partial charge in [0.15, 0.2) is 0 Å². The monoisotopic (exact) mass is 384 g/mol. The van der Waals surface area contributed by atoms with Gasteiger partial charge in [-0.05, 0) is 18.2 Å². The van der Waals surface area contributed by atoms with Crippen LogP contribution in [0.2, 0.25) is 0 Å². The average Bonchev–Trinajstić information content (AvgIpc) is 2.54. The summed E-state index contributed by atoms with van der Waals surface area (Å²) >= 11 is 0. The lowest BCUT2D eigenvalue weighted by Gasteiger charge is -2.10. The summed E-state index contributed by atoms with van der Waals surface area (Å²) in [6.45, 7) is 1.41. The summed E-state index contributed by atoms with van der Waals surface area (Å²) < 4.78 is 31.7. The predicted molar refractivity (Wildman–Crippen MR) is 90.5 cm³/mol. The Labute approximate surface area is 151 Å². The van der Waals surface area contributed by atoms with E-state index in [0.717, 1.165) is 0 Å². The lowest BCUT2D eigenvalue weighted by atomic mass is 10.1. The number of hydrogen-bond donors (Lipinski definition) is 4. The molecule has 0 saturated carbocycles. The van der Waals surface area contributed by atoms with Gasteiger partial charge in [0.2, 0.25) is 5.91 Å². The van der Waals surface area contributed by atoms with Gasteiger partial charge < -0.3 is 21.5 Å². The first-order chi connectivity index (χ1) is 12.5. The second kappa shape index (κ2) is 9.17. The first kappa shape index (κ1) is 21.4. The topological polar surface area (TPSA) is 134 Å². The van der Waals surface area contributed by atoms with Crippen LogP contribution in [0.4, 0.5) is 30.4 Å². The van der Waals surface area contributed by atoms with E-state index >= 15 is 0 Å². The molecule has 11 heteroatoms. The molecule has 5 N–H and O–H groups in total. The molecule has 0 aliphatic carbocycles. The molecule has 0 fully saturated rings. The zero-order chi connectivity index (χ0) is 20.6. The van der Waals surface area contributed by atoms with Crippen molar-refractivity contribution in [3.8, 4) is 0 Å². The standard InChI is InChI=1S/C14H14N4O2.C2HF3O2/c1-9(19)17-13-8-10(6-7-16-13)18-12-5-3-2-4-11(12)14(15)20;3-2(4,5)1(6)7/h2-8H,1H3,(H2,15,20)(H2,16,17,18,19);(H,6,7). The van der Waals surface area contributed by atoms with Crippen molar-refractivity contribution in [2.24, 2.45) is 5.73 Å². The number of alkyl halides is 3. The summed E-state index contributed by atoms with van der Waals surface area (Å²) in [5.74, 6) is -3.04. The zero-order valence-electron chi connectivity index (χ0n) is 13.9. The first-order valence-corrected chi connectivity index (χ1v) is 7.20. The van der Waals surface area contributed by atoms with Crippen LogP contribution in [-0.2, 0) is 9.59 Å². The highest BCUT2D eigenvalue weighted by atomic mass is 19.4. The number of nitrogens with zero attached hydrogens (tertiary/aromatic N) is 1. The SMILES string of the molecule is CC(=O)Nc1cc(Nc2ccccc2C(N)=O)ccn1.O=C(O)C(F)(F)F. The fourth-order valence-electron chi connectivity index (χ4n) is 1.72. The minimum Gasteiger partial charge on any atom is -0.475 e. The number of rotatable bonds is 4. The van der Waals surface area contributed by atoms with E-state index in [1.165, 1.54) is 6.92 Å². The molecule has 2 amide bonds. The molecule has 1 aromatic carbocycles. The fourth-order valence-corrected chi connectivity index (χ4v) is 1.72. The Morgan fingerprint density at radius 3 is 2.26 bits per heavy atom. The van der Waals surface area contributed by atoms with Gasteiger partial charge in [0.25, 0.3) is 5.91 Å². The predicted octanol–water partition coefficient (Wildman–Crippen LogP) is 2.52.